The predicted molar refractivity (Wildman–Crippen MR) is 223 cm³/mol. The van der Waals surface area contributed by atoms with E-state index < -0.39 is 0 Å². The summed E-state index contributed by atoms with van der Waals surface area (Å²) in [6.45, 7) is 12.9. The normalized spacial score (nSPS) is 13.4. The molecule has 7 nitrogen and oxygen atoms in total. The van der Waals surface area contributed by atoms with E-state index in [1.807, 2.05) is 67.3 Å². The van der Waals surface area contributed by atoms with Crippen LogP contribution < -0.4 is 14.2 Å². The summed E-state index contributed by atoms with van der Waals surface area (Å²) in [5.41, 5.74) is 7.12. The molecule has 1 aliphatic rings. The van der Waals surface area contributed by atoms with Gasteiger partial charge in [-0.15, -0.1) is 17.0 Å². The first-order valence-electron chi connectivity index (χ1n) is 17.9. The molecule has 54 heavy (non-hydrogen) atoms. The van der Waals surface area contributed by atoms with Crippen LogP contribution in [0.5, 0.6) is 23.1 Å². The van der Waals surface area contributed by atoms with E-state index in [0.29, 0.717) is 59.6 Å². The maximum absolute atomic E-state index is 13.3. The Bertz CT molecular complexity index is 2010. The average Bonchev–Trinajstić information content (AvgIpc) is 3.16. The molecule has 1 fully saturated rings. The summed E-state index contributed by atoms with van der Waals surface area (Å²) in [6.07, 6.45) is 3.30. The number of rotatable bonds is 13. The Morgan fingerprint density at radius 2 is 1.48 bits per heavy atom. The molecule has 0 N–H and O–H groups in total. The van der Waals surface area contributed by atoms with Crippen LogP contribution in [0.25, 0.3) is 5.57 Å². The summed E-state index contributed by atoms with van der Waals surface area (Å²) in [4.78, 5) is 22.0. The Kier molecular flexibility index (Phi) is 14.6. The van der Waals surface area contributed by atoms with Gasteiger partial charge in [-0.2, -0.15) is 0 Å². The lowest BCUT2D eigenvalue weighted by Crippen LogP contribution is -2.47. The minimum Gasteiger partial charge on any atom is -0.489 e. The van der Waals surface area contributed by atoms with Crippen LogP contribution in [0.2, 0.25) is 10.0 Å². The van der Waals surface area contributed by atoms with Gasteiger partial charge in [0.25, 0.3) is 0 Å². The standard InChI is InChI=1S/C44H45Cl2N3O4.BrH/c1-30(2)35-13-15-38(16-14-35)51-28-34-11-9-33(10-12-34)27-48-19-21-49(22-20-48)43(50)24-31(3)37-23-32(4)44(41(46)25-37)53-42-18-17-39(26-47-42)52-29-36-7-5-6-8-40(36)45;/h5-18,23-26,30H,19-22,27-29H2,1-4H3;1H. The number of piperazine rings is 1. The molecule has 6 rings (SSSR count). The topological polar surface area (TPSA) is 64.1 Å². The molecule has 1 amide bonds. The summed E-state index contributed by atoms with van der Waals surface area (Å²) >= 11 is 12.9. The van der Waals surface area contributed by atoms with E-state index in [1.54, 1.807) is 24.4 Å². The first kappa shape index (κ1) is 40.8. The maximum atomic E-state index is 13.3. The zero-order chi connectivity index (χ0) is 37.3. The van der Waals surface area contributed by atoms with Crippen molar-refractivity contribution in [2.45, 2.75) is 53.4 Å². The van der Waals surface area contributed by atoms with Gasteiger partial charge >= 0.3 is 0 Å². The first-order chi connectivity index (χ1) is 25.6. The molecule has 5 aromatic rings. The molecule has 282 valence electrons. The van der Waals surface area contributed by atoms with Crippen LogP contribution in [-0.4, -0.2) is 46.9 Å². The van der Waals surface area contributed by atoms with Gasteiger partial charge in [-0.05, 0) is 89.6 Å². The fraction of sp³-hybridized carbons (Fsp3) is 0.273. The lowest BCUT2D eigenvalue weighted by molar-refractivity contribution is -0.127. The van der Waals surface area contributed by atoms with Crippen molar-refractivity contribution in [1.82, 2.24) is 14.8 Å². The van der Waals surface area contributed by atoms with Crippen molar-refractivity contribution in [2.75, 3.05) is 26.2 Å². The molecule has 0 aliphatic carbocycles. The summed E-state index contributed by atoms with van der Waals surface area (Å²) in [6, 6.07) is 31.8. The molecular weight excluding hydrogens is 785 g/mol. The summed E-state index contributed by atoms with van der Waals surface area (Å²) in [5.74, 6) is 2.88. The minimum absolute atomic E-state index is 0. The van der Waals surface area contributed by atoms with Crippen LogP contribution in [-0.2, 0) is 24.6 Å². The second kappa shape index (κ2) is 19.3. The second-order valence-corrected chi connectivity index (χ2v) is 14.5. The van der Waals surface area contributed by atoms with E-state index >= 15 is 0 Å². The van der Waals surface area contributed by atoms with Crippen LogP contribution in [0.15, 0.2) is 109 Å². The first-order valence-corrected chi connectivity index (χ1v) is 18.7. The third-order valence-electron chi connectivity index (χ3n) is 9.36. The zero-order valence-electron chi connectivity index (χ0n) is 31.1. The highest BCUT2D eigenvalue weighted by molar-refractivity contribution is 8.93. The number of amides is 1. The Balaban J connectivity index is 0.00000561. The Labute approximate surface area is 339 Å². The van der Waals surface area contributed by atoms with Gasteiger partial charge in [0.1, 0.15) is 24.7 Å². The van der Waals surface area contributed by atoms with Gasteiger partial charge in [0.15, 0.2) is 5.75 Å². The number of benzene rings is 4. The van der Waals surface area contributed by atoms with E-state index in [1.165, 1.54) is 11.1 Å². The highest BCUT2D eigenvalue weighted by atomic mass is 79.9. The van der Waals surface area contributed by atoms with Crippen LogP contribution >= 0.6 is 40.2 Å². The molecule has 0 unspecified atom stereocenters. The fourth-order valence-electron chi connectivity index (χ4n) is 6.08. The number of nitrogens with zero attached hydrogens (tertiary/aromatic N) is 3. The van der Waals surface area contributed by atoms with Gasteiger partial charge in [-0.1, -0.05) is 91.6 Å². The molecule has 10 heteroatoms. The second-order valence-electron chi connectivity index (χ2n) is 13.7. The molecule has 0 spiro atoms. The summed E-state index contributed by atoms with van der Waals surface area (Å²) < 4.78 is 17.9. The molecular formula is C44H46BrCl2N3O4. The third-order valence-corrected chi connectivity index (χ3v) is 10.0. The molecule has 0 bridgehead atoms. The number of aryl methyl sites for hydroxylation is 1. The zero-order valence-corrected chi connectivity index (χ0v) is 34.3. The van der Waals surface area contributed by atoms with Gasteiger partial charge < -0.3 is 19.1 Å². The quantitative estimate of drug-likeness (QED) is 0.110. The average molecular weight is 832 g/mol. The van der Waals surface area contributed by atoms with Gasteiger partial charge in [0, 0.05) is 55.5 Å². The van der Waals surface area contributed by atoms with Crippen molar-refractivity contribution in [3.8, 4) is 23.1 Å². The van der Waals surface area contributed by atoms with Crippen molar-refractivity contribution in [3.05, 3.63) is 153 Å². The van der Waals surface area contributed by atoms with Crippen molar-refractivity contribution in [3.63, 3.8) is 0 Å². The summed E-state index contributed by atoms with van der Waals surface area (Å²) in [7, 11) is 0. The van der Waals surface area contributed by atoms with Crippen molar-refractivity contribution < 1.29 is 19.0 Å². The Hall–Kier alpha value is -4.34. The predicted octanol–water partition coefficient (Wildman–Crippen LogP) is 11.1. The smallest absolute Gasteiger partial charge is 0.246 e. The maximum Gasteiger partial charge on any atom is 0.246 e. The van der Waals surface area contributed by atoms with E-state index in [9.17, 15) is 4.79 Å². The molecule has 0 atom stereocenters. The van der Waals surface area contributed by atoms with Crippen molar-refractivity contribution in [1.29, 1.82) is 0 Å². The molecule has 1 aromatic heterocycles. The number of pyridine rings is 1. The van der Waals surface area contributed by atoms with Gasteiger partial charge in [0.05, 0.1) is 11.2 Å². The van der Waals surface area contributed by atoms with Crippen LogP contribution in [0.1, 0.15) is 60.1 Å². The molecule has 1 saturated heterocycles. The van der Waals surface area contributed by atoms with Crippen LogP contribution in [0.4, 0.5) is 0 Å². The largest absolute Gasteiger partial charge is 0.489 e. The van der Waals surface area contributed by atoms with Gasteiger partial charge in [-0.25, -0.2) is 4.98 Å². The fourth-order valence-corrected chi connectivity index (χ4v) is 6.58. The molecule has 0 radical (unpaired) electrons. The van der Waals surface area contributed by atoms with Gasteiger partial charge in [-0.3, -0.25) is 9.69 Å². The highest BCUT2D eigenvalue weighted by Gasteiger charge is 2.21. The SMILES string of the molecule is Br.CC(=CC(=O)N1CCN(Cc2ccc(COc3ccc(C(C)C)cc3)cc2)CC1)c1cc(C)c(Oc2ccc(OCc3ccccc3Cl)cn2)c(Cl)c1. The monoisotopic (exact) mass is 829 g/mol. The molecule has 0 saturated carbocycles. The number of aromatic nitrogens is 1. The van der Waals surface area contributed by atoms with Crippen molar-refractivity contribution in [2.24, 2.45) is 0 Å². The van der Waals surface area contributed by atoms with E-state index in [2.05, 4.69) is 60.1 Å². The number of carbonyl (C=O) groups excluding carboxylic acids is 1. The lowest BCUT2D eigenvalue weighted by Gasteiger charge is -2.34. The summed E-state index contributed by atoms with van der Waals surface area (Å²) in [5, 5.41) is 1.09. The van der Waals surface area contributed by atoms with E-state index in [-0.39, 0.29) is 22.9 Å². The molecule has 1 aliphatic heterocycles. The number of hydrogen-bond acceptors (Lipinski definition) is 6. The number of hydrogen-bond donors (Lipinski definition) is 0. The third kappa shape index (κ3) is 11.1. The van der Waals surface area contributed by atoms with Crippen molar-refractivity contribution >= 4 is 51.7 Å². The van der Waals surface area contributed by atoms with E-state index in [4.69, 9.17) is 37.4 Å². The number of halogens is 3. The number of carbonyl (C=O) groups is 1. The molecule has 4 aromatic carbocycles. The Morgan fingerprint density at radius 3 is 2.13 bits per heavy atom. The highest BCUT2D eigenvalue weighted by Crippen LogP contribution is 2.35. The van der Waals surface area contributed by atoms with E-state index in [0.717, 1.165) is 53.2 Å². The minimum atomic E-state index is 0. The number of ether oxygens (including phenoxy) is 3. The molecule has 2 heterocycles. The van der Waals surface area contributed by atoms with Crippen LogP contribution in [0, 0.1) is 6.92 Å². The Morgan fingerprint density at radius 1 is 0.815 bits per heavy atom. The lowest BCUT2D eigenvalue weighted by atomic mass is 10.0. The number of allylic oxidation sites excluding steroid dienone is 1. The van der Waals surface area contributed by atoms with Gasteiger partial charge in [0.2, 0.25) is 11.8 Å². The van der Waals surface area contributed by atoms with Crippen LogP contribution in [0.3, 0.4) is 0 Å².